The Hall–Kier alpha value is -0.980. The Morgan fingerprint density at radius 1 is 1.26 bits per heavy atom. The summed E-state index contributed by atoms with van der Waals surface area (Å²) in [4.78, 5) is 17.3. The lowest BCUT2D eigenvalue weighted by atomic mass is 10.0. The number of morpholine rings is 1. The highest BCUT2D eigenvalue weighted by atomic mass is 32.2. The minimum atomic E-state index is 0.0512. The van der Waals surface area contributed by atoms with Crippen LogP contribution >= 0.6 is 11.8 Å². The van der Waals surface area contributed by atoms with Crippen LogP contribution in [0.15, 0.2) is 16.5 Å². The maximum atomic E-state index is 12.9. The zero-order valence-electron chi connectivity index (χ0n) is 13.8. The van der Waals surface area contributed by atoms with Gasteiger partial charge in [0.15, 0.2) is 5.76 Å². The molecule has 0 N–H and O–H groups in total. The molecular weight excluding hydrogens is 312 g/mol. The molecule has 3 heterocycles. The number of nitrogens with zero attached hydrogens (tertiary/aromatic N) is 2. The van der Waals surface area contributed by atoms with Crippen molar-refractivity contribution in [1.82, 2.24) is 9.80 Å². The van der Waals surface area contributed by atoms with Crippen LogP contribution < -0.4 is 0 Å². The van der Waals surface area contributed by atoms with Crippen molar-refractivity contribution in [2.75, 3.05) is 45.6 Å². The monoisotopic (exact) mass is 338 g/mol. The molecule has 2 fully saturated rings. The molecule has 0 radical (unpaired) electrons. The number of hydrogen-bond donors (Lipinski definition) is 0. The number of thioether (sulfide) groups is 1. The first-order valence-electron chi connectivity index (χ1n) is 8.46. The van der Waals surface area contributed by atoms with E-state index in [4.69, 9.17) is 9.15 Å². The Morgan fingerprint density at radius 3 is 2.87 bits per heavy atom. The Balaban J connectivity index is 1.65. The summed E-state index contributed by atoms with van der Waals surface area (Å²) in [5.41, 5.74) is 0. The molecule has 23 heavy (non-hydrogen) atoms. The van der Waals surface area contributed by atoms with Crippen LogP contribution in [0.5, 0.6) is 0 Å². The van der Waals surface area contributed by atoms with Gasteiger partial charge < -0.3 is 14.1 Å². The normalized spacial score (nSPS) is 23.2. The van der Waals surface area contributed by atoms with Gasteiger partial charge in [-0.1, -0.05) is 0 Å². The van der Waals surface area contributed by atoms with E-state index in [1.165, 1.54) is 6.42 Å². The fourth-order valence-electron chi connectivity index (χ4n) is 3.39. The van der Waals surface area contributed by atoms with E-state index in [9.17, 15) is 4.79 Å². The topological polar surface area (TPSA) is 45.9 Å². The molecule has 0 bridgehead atoms. The van der Waals surface area contributed by atoms with Gasteiger partial charge in [-0.3, -0.25) is 9.69 Å². The number of rotatable bonds is 5. The number of piperidine rings is 1. The minimum Gasteiger partial charge on any atom is -0.455 e. The van der Waals surface area contributed by atoms with Gasteiger partial charge in [-0.2, -0.15) is 11.8 Å². The lowest BCUT2D eigenvalue weighted by Gasteiger charge is -2.39. The van der Waals surface area contributed by atoms with E-state index in [0.717, 1.165) is 63.7 Å². The smallest absolute Gasteiger partial charge is 0.289 e. The van der Waals surface area contributed by atoms with E-state index in [-0.39, 0.29) is 5.91 Å². The number of furan rings is 1. The molecule has 6 heteroatoms. The van der Waals surface area contributed by atoms with Crippen molar-refractivity contribution < 1.29 is 13.9 Å². The Bertz CT molecular complexity index is 514. The van der Waals surface area contributed by atoms with Gasteiger partial charge in [0.05, 0.1) is 19.0 Å². The summed E-state index contributed by atoms with van der Waals surface area (Å²) in [5.74, 6) is 2.23. The number of likely N-dealkylation sites (tertiary alicyclic amines) is 1. The van der Waals surface area contributed by atoms with Crippen LogP contribution in [0.3, 0.4) is 0 Å². The molecule has 0 aromatic carbocycles. The van der Waals surface area contributed by atoms with Crippen molar-refractivity contribution in [3.8, 4) is 0 Å². The molecule has 2 aliphatic rings. The van der Waals surface area contributed by atoms with E-state index in [2.05, 4.69) is 4.90 Å². The van der Waals surface area contributed by atoms with Crippen molar-refractivity contribution >= 4 is 17.7 Å². The number of amides is 1. The van der Waals surface area contributed by atoms with Crippen molar-refractivity contribution in [3.63, 3.8) is 0 Å². The summed E-state index contributed by atoms with van der Waals surface area (Å²) in [6.45, 7) is 5.34. The third-order valence-electron chi connectivity index (χ3n) is 4.62. The van der Waals surface area contributed by atoms with Gasteiger partial charge in [0, 0.05) is 32.2 Å². The zero-order valence-corrected chi connectivity index (χ0v) is 14.6. The fraction of sp³-hybridized carbons (Fsp3) is 0.706. The highest BCUT2D eigenvalue weighted by Crippen LogP contribution is 2.22. The molecule has 2 aliphatic heterocycles. The zero-order chi connectivity index (χ0) is 16.1. The van der Waals surface area contributed by atoms with Crippen LogP contribution in [0.25, 0.3) is 0 Å². The standard InChI is InChI=1S/C17H26N2O3S/c1-23-13-15-5-6-16(22-15)17(20)19-7-3-2-4-14(19)12-18-8-10-21-11-9-18/h5-6,14H,2-4,7-13H2,1H3. The van der Waals surface area contributed by atoms with Gasteiger partial charge in [-0.15, -0.1) is 0 Å². The third-order valence-corrected chi connectivity index (χ3v) is 5.19. The van der Waals surface area contributed by atoms with Crippen LogP contribution in [0.4, 0.5) is 0 Å². The van der Waals surface area contributed by atoms with E-state index < -0.39 is 0 Å². The maximum Gasteiger partial charge on any atom is 0.289 e. The van der Waals surface area contributed by atoms with E-state index in [1.807, 2.05) is 23.3 Å². The predicted octanol–water partition coefficient (Wildman–Crippen LogP) is 2.47. The quantitative estimate of drug-likeness (QED) is 0.825. The minimum absolute atomic E-state index is 0.0512. The molecule has 5 nitrogen and oxygen atoms in total. The summed E-state index contributed by atoms with van der Waals surface area (Å²) in [5, 5.41) is 0. The first-order chi connectivity index (χ1) is 11.3. The summed E-state index contributed by atoms with van der Waals surface area (Å²) in [6, 6.07) is 4.04. The SMILES string of the molecule is CSCc1ccc(C(=O)N2CCCCC2CN2CCOCC2)o1. The van der Waals surface area contributed by atoms with Crippen molar-refractivity contribution in [1.29, 1.82) is 0 Å². The molecule has 1 unspecified atom stereocenters. The predicted molar refractivity (Wildman–Crippen MR) is 91.9 cm³/mol. The highest BCUT2D eigenvalue weighted by molar-refractivity contribution is 7.97. The van der Waals surface area contributed by atoms with Crippen LogP contribution in [0.1, 0.15) is 35.6 Å². The van der Waals surface area contributed by atoms with Gasteiger partial charge in [0.25, 0.3) is 5.91 Å². The average molecular weight is 338 g/mol. The van der Waals surface area contributed by atoms with Gasteiger partial charge in [0.2, 0.25) is 0 Å². The number of carbonyl (C=O) groups is 1. The van der Waals surface area contributed by atoms with Crippen LogP contribution in [-0.4, -0.2) is 67.4 Å². The molecule has 0 saturated carbocycles. The Kier molecular flexibility index (Phi) is 6.02. The molecule has 3 rings (SSSR count). The van der Waals surface area contributed by atoms with Gasteiger partial charge in [-0.05, 0) is 37.7 Å². The molecule has 2 saturated heterocycles. The third kappa shape index (κ3) is 4.31. The van der Waals surface area contributed by atoms with E-state index in [1.54, 1.807) is 11.8 Å². The van der Waals surface area contributed by atoms with Crippen LogP contribution in [0, 0.1) is 0 Å². The molecule has 1 amide bonds. The molecule has 128 valence electrons. The number of ether oxygens (including phenoxy) is 1. The maximum absolute atomic E-state index is 12.9. The van der Waals surface area contributed by atoms with Gasteiger partial charge in [-0.25, -0.2) is 0 Å². The van der Waals surface area contributed by atoms with Gasteiger partial charge >= 0.3 is 0 Å². The highest BCUT2D eigenvalue weighted by Gasteiger charge is 2.30. The van der Waals surface area contributed by atoms with E-state index in [0.29, 0.717) is 11.8 Å². The second-order valence-electron chi connectivity index (χ2n) is 6.26. The van der Waals surface area contributed by atoms with Crippen molar-refractivity contribution in [2.24, 2.45) is 0 Å². The Labute approximate surface area is 142 Å². The molecular formula is C17H26N2O3S. The fourth-order valence-corrected chi connectivity index (χ4v) is 3.83. The second-order valence-corrected chi connectivity index (χ2v) is 7.13. The summed E-state index contributed by atoms with van der Waals surface area (Å²) in [7, 11) is 0. The lowest BCUT2D eigenvalue weighted by molar-refractivity contribution is 0.0158. The summed E-state index contributed by atoms with van der Waals surface area (Å²) in [6.07, 6.45) is 5.41. The van der Waals surface area contributed by atoms with Gasteiger partial charge in [0.1, 0.15) is 5.76 Å². The number of carbonyl (C=O) groups excluding carboxylic acids is 1. The van der Waals surface area contributed by atoms with Crippen molar-refractivity contribution in [3.05, 3.63) is 23.7 Å². The van der Waals surface area contributed by atoms with Crippen LogP contribution in [0.2, 0.25) is 0 Å². The van der Waals surface area contributed by atoms with Crippen molar-refractivity contribution in [2.45, 2.75) is 31.1 Å². The number of hydrogen-bond acceptors (Lipinski definition) is 5. The molecule has 1 atom stereocenters. The molecule has 0 aliphatic carbocycles. The van der Waals surface area contributed by atoms with Crippen LogP contribution in [-0.2, 0) is 10.5 Å². The second kappa shape index (κ2) is 8.22. The first-order valence-corrected chi connectivity index (χ1v) is 9.86. The summed E-state index contributed by atoms with van der Waals surface area (Å²) >= 11 is 1.70. The molecule has 1 aromatic heterocycles. The largest absolute Gasteiger partial charge is 0.455 e. The Morgan fingerprint density at radius 2 is 2.09 bits per heavy atom. The lowest BCUT2D eigenvalue weighted by Crippen LogP contribution is -2.51. The first kappa shape index (κ1) is 16.9. The molecule has 1 aromatic rings. The summed E-state index contributed by atoms with van der Waals surface area (Å²) < 4.78 is 11.2. The van der Waals surface area contributed by atoms with E-state index >= 15 is 0 Å². The molecule has 0 spiro atoms. The average Bonchev–Trinajstić information content (AvgIpc) is 3.05.